The lowest BCUT2D eigenvalue weighted by Gasteiger charge is -2.12. The molecule has 2 amide bonds. The van der Waals surface area contributed by atoms with E-state index in [0.29, 0.717) is 42.7 Å². The van der Waals surface area contributed by atoms with E-state index in [1.165, 1.54) is 6.07 Å². The standard InChI is InChI=1S/C28H36N4O6/c1-17(2)21-14-20(22(33)15-23(21)34)11-12-24-26(27(28(29)36)32-38-24)19-9-7-18(8-10-19)16-30-13-5-3-4-6-25(35)31-37/h7-10,14-15,17,30,33-34,37H,3-6,11-13,16H2,1-2H3,(H2,29,36)(H,31,35). The van der Waals surface area contributed by atoms with Gasteiger partial charge < -0.3 is 25.8 Å². The van der Waals surface area contributed by atoms with Gasteiger partial charge in [0.25, 0.3) is 5.91 Å². The van der Waals surface area contributed by atoms with Crippen molar-refractivity contribution < 1.29 is 29.5 Å². The number of hydrogen-bond acceptors (Lipinski definition) is 8. The molecule has 0 radical (unpaired) electrons. The van der Waals surface area contributed by atoms with Crippen LogP contribution in [0.4, 0.5) is 0 Å². The Morgan fingerprint density at radius 1 is 1.03 bits per heavy atom. The van der Waals surface area contributed by atoms with E-state index in [-0.39, 0.29) is 29.0 Å². The Morgan fingerprint density at radius 2 is 1.76 bits per heavy atom. The summed E-state index contributed by atoms with van der Waals surface area (Å²) >= 11 is 0. The summed E-state index contributed by atoms with van der Waals surface area (Å²) in [5.41, 5.74) is 11.0. The number of carbonyl (C=O) groups excluding carboxylic acids is 2. The lowest BCUT2D eigenvalue weighted by atomic mass is 9.95. The number of hydroxylamine groups is 1. The number of primary amides is 1. The first-order chi connectivity index (χ1) is 18.2. The minimum atomic E-state index is -0.688. The van der Waals surface area contributed by atoms with E-state index in [1.807, 2.05) is 38.1 Å². The number of hydrogen-bond donors (Lipinski definition) is 6. The molecule has 3 rings (SSSR count). The lowest BCUT2D eigenvalue weighted by molar-refractivity contribution is -0.129. The number of rotatable bonds is 14. The smallest absolute Gasteiger partial charge is 0.271 e. The van der Waals surface area contributed by atoms with E-state index >= 15 is 0 Å². The molecular formula is C28H36N4O6. The van der Waals surface area contributed by atoms with Crippen LogP contribution in [-0.2, 0) is 24.2 Å². The van der Waals surface area contributed by atoms with Gasteiger partial charge in [0.1, 0.15) is 17.3 Å². The Labute approximate surface area is 221 Å². The van der Waals surface area contributed by atoms with Crippen molar-refractivity contribution in [3.05, 3.63) is 64.5 Å². The average molecular weight is 525 g/mol. The Kier molecular flexibility index (Phi) is 10.3. The number of aromatic nitrogens is 1. The number of nitrogens with zero attached hydrogens (tertiary/aromatic N) is 1. The topological polar surface area (TPSA) is 171 Å². The Hall–Kier alpha value is -3.89. The zero-order valence-corrected chi connectivity index (χ0v) is 21.8. The summed E-state index contributed by atoms with van der Waals surface area (Å²) in [6.45, 7) is 5.39. The minimum Gasteiger partial charge on any atom is -0.508 e. The molecule has 10 nitrogen and oxygen atoms in total. The van der Waals surface area contributed by atoms with Gasteiger partial charge >= 0.3 is 0 Å². The first-order valence-electron chi connectivity index (χ1n) is 12.8. The molecule has 38 heavy (non-hydrogen) atoms. The van der Waals surface area contributed by atoms with Gasteiger partial charge in [0, 0.05) is 25.5 Å². The molecule has 0 saturated carbocycles. The largest absolute Gasteiger partial charge is 0.508 e. The highest BCUT2D eigenvalue weighted by Crippen LogP contribution is 2.34. The van der Waals surface area contributed by atoms with Crippen molar-refractivity contribution in [3.8, 4) is 22.6 Å². The summed E-state index contributed by atoms with van der Waals surface area (Å²) in [4.78, 5) is 23.1. The molecule has 0 spiro atoms. The van der Waals surface area contributed by atoms with Gasteiger partial charge in [0.2, 0.25) is 5.91 Å². The second kappa shape index (κ2) is 13.6. The molecule has 0 saturated heterocycles. The summed E-state index contributed by atoms with van der Waals surface area (Å²) in [5.74, 6) is -0.433. The van der Waals surface area contributed by atoms with Gasteiger partial charge in [-0.3, -0.25) is 14.8 Å². The highest BCUT2D eigenvalue weighted by Gasteiger charge is 2.22. The zero-order valence-electron chi connectivity index (χ0n) is 21.8. The third-order valence-corrected chi connectivity index (χ3v) is 6.42. The van der Waals surface area contributed by atoms with Gasteiger partial charge in [0.05, 0.1) is 5.56 Å². The number of amides is 2. The minimum absolute atomic E-state index is 0.00407. The Morgan fingerprint density at radius 3 is 2.42 bits per heavy atom. The number of aryl methyl sites for hydroxylation is 2. The number of nitrogens with two attached hydrogens (primary N) is 1. The van der Waals surface area contributed by atoms with Crippen LogP contribution >= 0.6 is 0 Å². The van der Waals surface area contributed by atoms with Crippen LogP contribution in [0.25, 0.3) is 11.1 Å². The van der Waals surface area contributed by atoms with Crippen LogP contribution in [-0.4, -0.2) is 38.9 Å². The SMILES string of the molecule is CC(C)c1cc(CCc2onc(C(N)=O)c2-c2ccc(CNCCCCCC(=O)NO)cc2)c(O)cc1O. The maximum Gasteiger partial charge on any atom is 0.271 e. The second-order valence-corrected chi connectivity index (χ2v) is 9.61. The predicted octanol–water partition coefficient (Wildman–Crippen LogP) is 3.92. The van der Waals surface area contributed by atoms with Crippen molar-refractivity contribution in [1.82, 2.24) is 16.0 Å². The van der Waals surface area contributed by atoms with Crippen molar-refractivity contribution >= 4 is 11.8 Å². The van der Waals surface area contributed by atoms with Gasteiger partial charge in [-0.25, -0.2) is 5.48 Å². The Balaban J connectivity index is 1.65. The maximum absolute atomic E-state index is 12.1. The summed E-state index contributed by atoms with van der Waals surface area (Å²) in [5, 5.41) is 36.2. The normalized spacial score (nSPS) is 11.2. The van der Waals surface area contributed by atoms with Crippen LogP contribution in [0.3, 0.4) is 0 Å². The van der Waals surface area contributed by atoms with E-state index in [9.17, 15) is 19.8 Å². The van der Waals surface area contributed by atoms with Crippen molar-refractivity contribution in [3.63, 3.8) is 0 Å². The fourth-order valence-corrected chi connectivity index (χ4v) is 4.30. The van der Waals surface area contributed by atoms with Crippen LogP contribution in [0, 0.1) is 0 Å². The second-order valence-electron chi connectivity index (χ2n) is 9.61. The molecule has 0 aliphatic rings. The monoisotopic (exact) mass is 524 g/mol. The van der Waals surface area contributed by atoms with Gasteiger partial charge in [0.15, 0.2) is 5.69 Å². The van der Waals surface area contributed by atoms with Crippen LogP contribution in [0.5, 0.6) is 11.5 Å². The summed E-state index contributed by atoms with van der Waals surface area (Å²) in [6, 6.07) is 10.8. The number of phenols is 2. The highest BCUT2D eigenvalue weighted by atomic mass is 16.5. The van der Waals surface area contributed by atoms with E-state index in [1.54, 1.807) is 11.5 Å². The van der Waals surface area contributed by atoms with Gasteiger partial charge in [-0.1, -0.05) is 49.7 Å². The molecule has 0 bridgehead atoms. The van der Waals surface area contributed by atoms with Crippen molar-refractivity contribution in [2.75, 3.05) is 6.54 Å². The lowest BCUT2D eigenvalue weighted by Crippen LogP contribution is -2.18. The fraction of sp³-hybridized carbons (Fsp3) is 0.393. The Bertz CT molecular complexity index is 1240. The molecule has 0 aliphatic carbocycles. The van der Waals surface area contributed by atoms with Crippen LogP contribution in [0.15, 0.2) is 40.9 Å². The van der Waals surface area contributed by atoms with Gasteiger partial charge in [-0.2, -0.15) is 0 Å². The fourth-order valence-electron chi connectivity index (χ4n) is 4.30. The number of aromatic hydroxyl groups is 2. The predicted molar refractivity (Wildman–Crippen MR) is 142 cm³/mol. The van der Waals surface area contributed by atoms with E-state index < -0.39 is 5.91 Å². The number of carbonyl (C=O) groups is 2. The van der Waals surface area contributed by atoms with Crippen LogP contribution < -0.4 is 16.5 Å². The van der Waals surface area contributed by atoms with E-state index in [0.717, 1.165) is 42.5 Å². The summed E-state index contributed by atoms with van der Waals surface area (Å²) in [6.07, 6.45) is 3.61. The molecule has 0 fully saturated rings. The molecule has 3 aromatic rings. The molecule has 0 unspecified atom stereocenters. The molecule has 0 aliphatic heterocycles. The van der Waals surface area contributed by atoms with E-state index in [4.69, 9.17) is 15.5 Å². The molecule has 204 valence electrons. The number of benzene rings is 2. The highest BCUT2D eigenvalue weighted by molar-refractivity contribution is 5.98. The number of phenolic OH excluding ortho intramolecular Hbond substituents is 2. The third kappa shape index (κ3) is 7.56. The first-order valence-corrected chi connectivity index (χ1v) is 12.8. The van der Waals surface area contributed by atoms with Crippen LogP contribution in [0.1, 0.15) is 78.4 Å². The summed E-state index contributed by atoms with van der Waals surface area (Å²) in [7, 11) is 0. The van der Waals surface area contributed by atoms with Gasteiger partial charge in [-0.05, 0) is 60.0 Å². The molecular weight excluding hydrogens is 488 g/mol. The maximum atomic E-state index is 12.1. The quantitative estimate of drug-likeness (QED) is 0.105. The number of unbranched alkanes of at least 4 members (excludes halogenated alkanes) is 2. The van der Waals surface area contributed by atoms with Crippen molar-refractivity contribution in [1.29, 1.82) is 0 Å². The van der Waals surface area contributed by atoms with Crippen LogP contribution in [0.2, 0.25) is 0 Å². The summed E-state index contributed by atoms with van der Waals surface area (Å²) < 4.78 is 5.51. The first kappa shape index (κ1) is 28.7. The van der Waals surface area contributed by atoms with Crippen molar-refractivity contribution in [2.45, 2.75) is 64.8 Å². The van der Waals surface area contributed by atoms with E-state index in [2.05, 4.69) is 10.5 Å². The van der Waals surface area contributed by atoms with Gasteiger partial charge in [-0.15, -0.1) is 0 Å². The third-order valence-electron chi connectivity index (χ3n) is 6.42. The number of nitrogens with one attached hydrogen (secondary N) is 2. The molecule has 10 heteroatoms. The molecule has 7 N–H and O–H groups in total. The molecule has 1 aromatic heterocycles. The van der Waals surface area contributed by atoms with Crippen molar-refractivity contribution in [2.24, 2.45) is 5.73 Å². The zero-order chi connectivity index (χ0) is 27.7. The molecule has 0 atom stereocenters. The average Bonchev–Trinajstić information content (AvgIpc) is 3.32. The molecule has 2 aromatic carbocycles. The molecule has 1 heterocycles.